The minimum absolute atomic E-state index is 0.0128. The molecule has 0 bridgehead atoms. The predicted molar refractivity (Wildman–Crippen MR) is 81.7 cm³/mol. The molecule has 2 aromatic rings. The van der Waals surface area contributed by atoms with Crippen LogP contribution in [0.15, 0.2) is 29.3 Å². The number of nitrogens with zero attached hydrogens (tertiary/aromatic N) is 3. The van der Waals surface area contributed by atoms with Gasteiger partial charge in [0.05, 0.1) is 18.9 Å². The topological polar surface area (TPSA) is 70.5 Å². The Labute approximate surface area is 127 Å². The van der Waals surface area contributed by atoms with E-state index in [4.69, 9.17) is 15.1 Å². The van der Waals surface area contributed by atoms with Crippen molar-refractivity contribution >= 4 is 17.0 Å². The van der Waals surface area contributed by atoms with Gasteiger partial charge < -0.3 is 14.4 Å². The van der Waals surface area contributed by atoms with Crippen LogP contribution in [0.1, 0.15) is 17.5 Å². The fourth-order valence-corrected chi connectivity index (χ4v) is 2.91. The molecule has 0 fully saturated rings. The Morgan fingerprint density at radius 3 is 2.67 bits per heavy atom. The van der Waals surface area contributed by atoms with Gasteiger partial charge in [-0.05, 0) is 38.1 Å². The zero-order valence-corrected chi connectivity index (χ0v) is 12.9. The quantitative estimate of drug-likeness (QED) is 0.921. The number of hydrogen-bond donors (Lipinski definition) is 1. The van der Waals surface area contributed by atoms with E-state index in [0.29, 0.717) is 22.8 Å². The molecule has 1 aromatic carbocycles. The van der Waals surface area contributed by atoms with E-state index in [9.17, 15) is 0 Å². The highest BCUT2D eigenvalue weighted by molar-refractivity contribution is 7.09. The maximum absolute atomic E-state index is 9.15. The van der Waals surface area contributed by atoms with Gasteiger partial charge >= 0.3 is 0 Å². The van der Waals surface area contributed by atoms with Gasteiger partial charge in [0.25, 0.3) is 0 Å². The molecule has 1 heterocycles. The lowest BCUT2D eigenvalue weighted by molar-refractivity contribution is 0.273. The summed E-state index contributed by atoms with van der Waals surface area (Å²) in [5, 5.41) is 18.3. The number of benzene rings is 1. The molecule has 0 unspecified atom stereocenters. The van der Waals surface area contributed by atoms with Crippen molar-refractivity contribution in [3.63, 3.8) is 0 Å². The maximum Gasteiger partial charge on any atom is 0.191 e. The molecule has 110 valence electrons. The van der Waals surface area contributed by atoms with Crippen LogP contribution < -0.4 is 9.54 Å². The fourth-order valence-electron chi connectivity index (χ4n) is 1.93. The number of aromatic nitrogens is 1. The van der Waals surface area contributed by atoms with Crippen LogP contribution in [0.5, 0.6) is 5.75 Å². The van der Waals surface area contributed by atoms with Crippen molar-refractivity contribution in [1.82, 2.24) is 4.57 Å². The lowest BCUT2D eigenvalue weighted by Crippen LogP contribution is -2.18. The minimum Gasteiger partial charge on any atom is -0.494 e. The van der Waals surface area contributed by atoms with Crippen molar-refractivity contribution in [2.75, 3.05) is 13.2 Å². The van der Waals surface area contributed by atoms with E-state index in [1.165, 1.54) is 11.3 Å². The number of rotatable bonds is 5. The van der Waals surface area contributed by atoms with Gasteiger partial charge in [-0.15, -0.1) is 0 Å². The third kappa shape index (κ3) is 3.51. The van der Waals surface area contributed by atoms with Gasteiger partial charge in [0.15, 0.2) is 4.80 Å². The number of thiazole rings is 1. The van der Waals surface area contributed by atoms with Gasteiger partial charge in [-0.3, -0.25) is 0 Å². The van der Waals surface area contributed by atoms with Gasteiger partial charge in [0.2, 0.25) is 0 Å². The molecule has 0 aliphatic carbocycles. The Morgan fingerprint density at radius 1 is 1.38 bits per heavy atom. The largest absolute Gasteiger partial charge is 0.494 e. The van der Waals surface area contributed by atoms with Crippen molar-refractivity contribution in [3.05, 3.63) is 39.6 Å². The molecule has 0 aliphatic heterocycles. The molecule has 0 saturated carbocycles. The minimum atomic E-state index is 0.0128. The normalized spacial score (nSPS) is 11.4. The van der Waals surface area contributed by atoms with E-state index >= 15 is 0 Å². The summed E-state index contributed by atoms with van der Waals surface area (Å²) in [6.07, 6.45) is 0. The van der Waals surface area contributed by atoms with E-state index in [-0.39, 0.29) is 6.61 Å². The first-order valence-electron chi connectivity index (χ1n) is 6.68. The zero-order valence-electron chi connectivity index (χ0n) is 12.0. The van der Waals surface area contributed by atoms with E-state index < -0.39 is 0 Å². The van der Waals surface area contributed by atoms with Gasteiger partial charge in [0, 0.05) is 12.2 Å². The van der Waals surface area contributed by atoms with E-state index in [1.54, 1.807) is 0 Å². The van der Waals surface area contributed by atoms with Crippen LogP contribution in [-0.4, -0.2) is 22.9 Å². The van der Waals surface area contributed by atoms with Crippen molar-refractivity contribution in [3.8, 4) is 11.8 Å². The fraction of sp³-hybridized carbons (Fsp3) is 0.333. The summed E-state index contributed by atoms with van der Waals surface area (Å²) in [5.41, 5.74) is 1.62. The summed E-state index contributed by atoms with van der Waals surface area (Å²) >= 11 is 1.33. The summed E-state index contributed by atoms with van der Waals surface area (Å²) in [5.74, 6) is 0.805. The lowest BCUT2D eigenvalue weighted by atomic mass is 10.3. The molecule has 21 heavy (non-hydrogen) atoms. The second-order valence-electron chi connectivity index (χ2n) is 4.32. The first-order chi connectivity index (χ1) is 10.2. The molecule has 5 nitrogen and oxygen atoms in total. The van der Waals surface area contributed by atoms with Gasteiger partial charge in [0.1, 0.15) is 16.7 Å². The Balaban J connectivity index is 2.42. The first kappa shape index (κ1) is 15.3. The predicted octanol–water partition coefficient (Wildman–Crippen LogP) is 2.35. The number of aliphatic hydroxyl groups excluding tert-OH is 1. The molecule has 0 atom stereocenters. The van der Waals surface area contributed by atoms with Crippen LogP contribution in [0, 0.1) is 18.3 Å². The zero-order chi connectivity index (χ0) is 15.2. The highest BCUT2D eigenvalue weighted by Gasteiger charge is 2.08. The molecule has 0 aliphatic rings. The Bertz CT molecular complexity index is 708. The molecule has 6 heteroatoms. The number of aliphatic hydroxyl groups is 1. The molecular weight excluding hydrogens is 286 g/mol. The van der Waals surface area contributed by atoms with Crippen molar-refractivity contribution in [2.24, 2.45) is 4.99 Å². The summed E-state index contributed by atoms with van der Waals surface area (Å²) in [4.78, 5) is 5.88. The van der Waals surface area contributed by atoms with Crippen molar-refractivity contribution < 1.29 is 9.84 Å². The smallest absolute Gasteiger partial charge is 0.191 e. The first-order valence-corrected chi connectivity index (χ1v) is 7.50. The average Bonchev–Trinajstić information content (AvgIpc) is 2.78. The van der Waals surface area contributed by atoms with Crippen molar-refractivity contribution in [1.29, 1.82) is 5.26 Å². The summed E-state index contributed by atoms with van der Waals surface area (Å²) in [6.45, 7) is 4.87. The van der Waals surface area contributed by atoms with E-state index in [0.717, 1.165) is 17.1 Å². The molecule has 1 aromatic heterocycles. The third-order valence-electron chi connectivity index (χ3n) is 2.96. The van der Waals surface area contributed by atoms with Crippen LogP contribution in [0.25, 0.3) is 0 Å². The van der Waals surface area contributed by atoms with E-state index in [1.807, 2.05) is 42.7 Å². The van der Waals surface area contributed by atoms with Crippen LogP contribution in [0.4, 0.5) is 5.69 Å². The van der Waals surface area contributed by atoms with Crippen LogP contribution in [-0.2, 0) is 6.54 Å². The van der Waals surface area contributed by atoms with E-state index in [2.05, 4.69) is 11.1 Å². The van der Waals surface area contributed by atoms with Gasteiger partial charge in [-0.2, -0.15) is 5.26 Å². The molecule has 2 rings (SSSR count). The van der Waals surface area contributed by atoms with Crippen molar-refractivity contribution in [2.45, 2.75) is 20.4 Å². The highest BCUT2D eigenvalue weighted by atomic mass is 32.1. The second kappa shape index (κ2) is 7.07. The molecular formula is C15H17N3O2S. The second-order valence-corrected chi connectivity index (χ2v) is 5.30. The SMILES string of the molecule is CCOc1ccc(N=c2sc(C#N)c(C)n2CCO)cc1. The number of hydrogen-bond acceptors (Lipinski definition) is 5. The molecule has 0 amide bonds. The maximum atomic E-state index is 9.15. The molecule has 1 N–H and O–H groups in total. The third-order valence-corrected chi connectivity index (χ3v) is 4.04. The van der Waals surface area contributed by atoms with Crippen LogP contribution in [0.3, 0.4) is 0 Å². The molecule has 0 radical (unpaired) electrons. The standard InChI is InChI=1S/C15H17N3O2S/c1-3-20-13-6-4-12(5-7-13)17-15-18(8-9-19)11(2)14(10-16)21-15/h4-7,19H,3,8-9H2,1-2H3. The molecule has 0 spiro atoms. The Kier molecular flexibility index (Phi) is 5.14. The number of ether oxygens (including phenoxy) is 1. The highest BCUT2D eigenvalue weighted by Crippen LogP contribution is 2.18. The lowest BCUT2D eigenvalue weighted by Gasteiger charge is -2.04. The molecule has 0 saturated heterocycles. The Morgan fingerprint density at radius 2 is 2.10 bits per heavy atom. The average molecular weight is 303 g/mol. The van der Waals surface area contributed by atoms with Crippen LogP contribution >= 0.6 is 11.3 Å². The van der Waals surface area contributed by atoms with Gasteiger partial charge in [-0.1, -0.05) is 11.3 Å². The Hall–Kier alpha value is -2.10. The summed E-state index contributed by atoms with van der Waals surface area (Å²) in [6, 6.07) is 9.63. The summed E-state index contributed by atoms with van der Waals surface area (Å²) in [7, 11) is 0. The number of nitriles is 1. The van der Waals surface area contributed by atoms with Gasteiger partial charge in [-0.25, -0.2) is 4.99 Å². The van der Waals surface area contributed by atoms with Crippen LogP contribution in [0.2, 0.25) is 0 Å². The monoisotopic (exact) mass is 303 g/mol. The summed E-state index contributed by atoms with van der Waals surface area (Å²) < 4.78 is 7.25.